The third-order valence-corrected chi connectivity index (χ3v) is 5.28. The molecule has 1 unspecified atom stereocenters. The van der Waals surface area contributed by atoms with Crippen LogP contribution in [-0.4, -0.2) is 42.0 Å². The first kappa shape index (κ1) is 16.1. The highest BCUT2D eigenvalue weighted by atomic mass is 32.2. The number of rotatable bonds is 3. The summed E-state index contributed by atoms with van der Waals surface area (Å²) in [6.45, 7) is 6.98. The molecule has 0 aromatic heterocycles. The second-order valence-corrected chi connectivity index (χ2v) is 6.94. The van der Waals surface area contributed by atoms with Crippen LogP contribution in [0, 0.1) is 11.7 Å². The van der Waals surface area contributed by atoms with Gasteiger partial charge >= 0.3 is 0 Å². The molecule has 1 N–H and O–H groups in total. The van der Waals surface area contributed by atoms with Crippen molar-refractivity contribution in [1.29, 1.82) is 0 Å². The Morgan fingerprint density at radius 3 is 2.90 bits per heavy atom. The second-order valence-electron chi connectivity index (χ2n) is 5.59. The van der Waals surface area contributed by atoms with Gasteiger partial charge in [-0.3, -0.25) is 4.99 Å². The number of halogens is 1. The van der Waals surface area contributed by atoms with E-state index in [9.17, 15) is 4.39 Å². The van der Waals surface area contributed by atoms with Crippen molar-refractivity contribution in [3.8, 4) is 0 Å². The first-order valence-corrected chi connectivity index (χ1v) is 8.47. The number of hydrogen-bond acceptors (Lipinski definition) is 2. The fourth-order valence-corrected chi connectivity index (χ4v) is 3.72. The van der Waals surface area contributed by atoms with Gasteiger partial charge in [-0.2, -0.15) is 11.8 Å². The van der Waals surface area contributed by atoms with Crippen LogP contribution >= 0.6 is 11.8 Å². The van der Waals surface area contributed by atoms with Crippen LogP contribution < -0.4 is 5.32 Å². The Balaban J connectivity index is 1.96. The fourth-order valence-electron chi connectivity index (χ4n) is 2.42. The molecule has 0 bridgehead atoms. The molecule has 1 aromatic rings. The molecule has 1 saturated heterocycles. The molecule has 0 saturated carbocycles. The van der Waals surface area contributed by atoms with Crippen molar-refractivity contribution in [3.63, 3.8) is 0 Å². The molecule has 3 nitrogen and oxygen atoms in total. The predicted molar refractivity (Wildman–Crippen MR) is 89.3 cm³/mol. The summed E-state index contributed by atoms with van der Waals surface area (Å²) in [5.41, 5.74) is 0.672. The summed E-state index contributed by atoms with van der Waals surface area (Å²) in [5, 5.41) is 3.91. The maximum absolute atomic E-state index is 13.7. The molecule has 21 heavy (non-hydrogen) atoms. The van der Waals surface area contributed by atoms with E-state index in [1.165, 1.54) is 6.07 Å². The van der Waals surface area contributed by atoms with E-state index >= 15 is 0 Å². The first-order valence-electron chi connectivity index (χ1n) is 7.42. The molecular weight excluding hydrogens is 285 g/mol. The zero-order chi connectivity index (χ0) is 15.2. The second kappa shape index (κ2) is 7.69. The van der Waals surface area contributed by atoms with Crippen molar-refractivity contribution in [1.82, 2.24) is 10.2 Å². The monoisotopic (exact) mass is 309 g/mol. The van der Waals surface area contributed by atoms with Gasteiger partial charge in [0.25, 0.3) is 0 Å². The molecule has 1 aliphatic rings. The first-order chi connectivity index (χ1) is 10.1. The van der Waals surface area contributed by atoms with Crippen molar-refractivity contribution >= 4 is 17.7 Å². The van der Waals surface area contributed by atoms with Crippen LogP contribution in [-0.2, 0) is 6.54 Å². The average molecular weight is 309 g/mol. The number of guanidine groups is 1. The molecular formula is C16H24FN3S. The van der Waals surface area contributed by atoms with Crippen molar-refractivity contribution in [2.24, 2.45) is 10.9 Å². The quantitative estimate of drug-likeness (QED) is 0.687. The fraction of sp³-hybridized carbons (Fsp3) is 0.562. The number of aliphatic imine (C=N–C) groups is 1. The van der Waals surface area contributed by atoms with Gasteiger partial charge in [-0.25, -0.2) is 4.39 Å². The number of benzene rings is 1. The Kier molecular flexibility index (Phi) is 5.91. The highest BCUT2D eigenvalue weighted by Crippen LogP contribution is 2.24. The van der Waals surface area contributed by atoms with Gasteiger partial charge in [0.2, 0.25) is 0 Å². The molecule has 116 valence electrons. The Hall–Kier alpha value is -1.23. The van der Waals surface area contributed by atoms with Gasteiger partial charge in [0.1, 0.15) is 5.82 Å². The molecule has 1 fully saturated rings. The third kappa shape index (κ3) is 4.37. The lowest BCUT2D eigenvalue weighted by molar-refractivity contribution is 0.380. The Labute approximate surface area is 131 Å². The third-order valence-electron chi connectivity index (χ3n) is 3.74. The van der Waals surface area contributed by atoms with Crippen LogP contribution in [0.1, 0.15) is 19.4 Å². The van der Waals surface area contributed by atoms with Crippen molar-refractivity contribution in [2.75, 3.05) is 25.9 Å². The number of thioether (sulfide) groups is 1. The molecule has 1 aromatic carbocycles. The van der Waals surface area contributed by atoms with Crippen LogP contribution in [0.15, 0.2) is 29.3 Å². The lowest BCUT2D eigenvalue weighted by Crippen LogP contribution is -2.48. The topological polar surface area (TPSA) is 27.6 Å². The van der Waals surface area contributed by atoms with Gasteiger partial charge in [0.15, 0.2) is 5.96 Å². The van der Waals surface area contributed by atoms with Crippen LogP contribution in [0.2, 0.25) is 0 Å². The van der Waals surface area contributed by atoms with E-state index in [1.807, 2.05) is 17.8 Å². The number of nitrogens with one attached hydrogen (secondary N) is 1. The minimum absolute atomic E-state index is 0.172. The smallest absolute Gasteiger partial charge is 0.193 e. The highest BCUT2D eigenvalue weighted by Gasteiger charge is 2.24. The van der Waals surface area contributed by atoms with Gasteiger partial charge in [-0.05, 0) is 12.0 Å². The Morgan fingerprint density at radius 1 is 1.48 bits per heavy atom. The zero-order valence-electron chi connectivity index (χ0n) is 13.0. The SMILES string of the molecule is CN=C(NCc1ccccc1F)N1CCSC(C(C)C)C1. The molecule has 0 amide bonds. The molecule has 1 heterocycles. The lowest BCUT2D eigenvalue weighted by Gasteiger charge is -2.36. The highest BCUT2D eigenvalue weighted by molar-refractivity contribution is 8.00. The maximum Gasteiger partial charge on any atom is 0.193 e. The molecule has 1 aliphatic heterocycles. The van der Waals surface area contributed by atoms with Gasteiger partial charge in [0, 0.05) is 43.2 Å². The lowest BCUT2D eigenvalue weighted by atomic mass is 10.1. The summed E-state index contributed by atoms with van der Waals surface area (Å²) >= 11 is 2.04. The van der Waals surface area contributed by atoms with E-state index in [2.05, 4.69) is 29.1 Å². The van der Waals surface area contributed by atoms with Crippen LogP contribution in [0.4, 0.5) is 4.39 Å². The molecule has 2 rings (SSSR count). The predicted octanol–water partition coefficient (Wildman–Crippen LogP) is 2.97. The van der Waals surface area contributed by atoms with Crippen LogP contribution in [0.5, 0.6) is 0 Å². The summed E-state index contributed by atoms with van der Waals surface area (Å²) in [5.74, 6) is 2.46. The number of nitrogens with zero attached hydrogens (tertiary/aromatic N) is 2. The summed E-state index contributed by atoms with van der Waals surface area (Å²) in [6.07, 6.45) is 0. The molecule has 0 spiro atoms. The Morgan fingerprint density at radius 2 is 2.24 bits per heavy atom. The normalized spacial score (nSPS) is 20.0. The summed E-state index contributed by atoms with van der Waals surface area (Å²) in [6, 6.07) is 6.86. The van der Waals surface area contributed by atoms with E-state index in [0.29, 0.717) is 23.3 Å². The van der Waals surface area contributed by atoms with Gasteiger partial charge in [-0.1, -0.05) is 32.0 Å². The van der Waals surface area contributed by atoms with Gasteiger partial charge in [0.05, 0.1) is 0 Å². The largest absolute Gasteiger partial charge is 0.352 e. The average Bonchev–Trinajstić information content (AvgIpc) is 2.50. The van der Waals surface area contributed by atoms with E-state index < -0.39 is 0 Å². The summed E-state index contributed by atoms with van der Waals surface area (Å²) in [7, 11) is 1.79. The minimum atomic E-state index is -0.172. The molecule has 1 atom stereocenters. The molecule has 5 heteroatoms. The van der Waals surface area contributed by atoms with E-state index in [0.717, 1.165) is 24.8 Å². The van der Waals surface area contributed by atoms with Gasteiger partial charge in [-0.15, -0.1) is 0 Å². The van der Waals surface area contributed by atoms with Crippen molar-refractivity contribution in [3.05, 3.63) is 35.6 Å². The van der Waals surface area contributed by atoms with E-state index in [1.54, 1.807) is 19.2 Å². The summed E-state index contributed by atoms with van der Waals surface area (Å²) in [4.78, 5) is 6.63. The summed E-state index contributed by atoms with van der Waals surface area (Å²) < 4.78 is 13.7. The minimum Gasteiger partial charge on any atom is -0.352 e. The van der Waals surface area contributed by atoms with Crippen LogP contribution in [0.3, 0.4) is 0 Å². The Bertz CT molecular complexity index is 490. The molecule has 0 radical (unpaired) electrons. The van der Waals surface area contributed by atoms with E-state index in [4.69, 9.17) is 0 Å². The zero-order valence-corrected chi connectivity index (χ0v) is 13.8. The van der Waals surface area contributed by atoms with Gasteiger partial charge < -0.3 is 10.2 Å². The van der Waals surface area contributed by atoms with Crippen LogP contribution in [0.25, 0.3) is 0 Å². The maximum atomic E-state index is 13.7. The van der Waals surface area contributed by atoms with Crippen molar-refractivity contribution in [2.45, 2.75) is 25.6 Å². The molecule has 0 aliphatic carbocycles. The van der Waals surface area contributed by atoms with Crippen molar-refractivity contribution < 1.29 is 4.39 Å². The standard InChI is InChI=1S/C16H24FN3S/c1-12(2)15-11-20(8-9-21-15)16(18-3)19-10-13-6-4-5-7-14(13)17/h4-7,12,15H,8-11H2,1-3H3,(H,18,19). The van der Waals surface area contributed by atoms with E-state index in [-0.39, 0.29) is 5.82 Å². The number of hydrogen-bond donors (Lipinski definition) is 1.